The van der Waals surface area contributed by atoms with E-state index in [2.05, 4.69) is 4.74 Å². The zero-order valence-corrected chi connectivity index (χ0v) is 18.3. The Bertz CT molecular complexity index is 1110. The molecule has 0 saturated heterocycles. The molecule has 0 aliphatic rings. The first kappa shape index (κ1) is 22.7. The van der Waals surface area contributed by atoms with Crippen molar-refractivity contribution < 1.29 is 38.0 Å². The molecule has 3 aromatic carbocycles. The van der Waals surface area contributed by atoms with Gasteiger partial charge in [0.25, 0.3) is 0 Å². The molecule has 0 fully saturated rings. The molecule has 3 rings (SSSR count). The molecule has 3 aromatic rings. The summed E-state index contributed by atoms with van der Waals surface area (Å²) in [4.78, 5) is 24.1. The number of rotatable bonds is 7. The summed E-state index contributed by atoms with van der Waals surface area (Å²) in [5, 5.41) is 0.920. The lowest BCUT2D eigenvalue weighted by molar-refractivity contribution is 0.116. The number of hydrogen-bond donors (Lipinski definition) is 0. The van der Waals surface area contributed by atoms with Crippen molar-refractivity contribution in [2.75, 3.05) is 27.4 Å². The molecule has 0 bridgehead atoms. The normalized spacial score (nSPS) is 10.4. The van der Waals surface area contributed by atoms with Gasteiger partial charge in [-0.1, -0.05) is 36.4 Å². The molecule has 8 nitrogen and oxygen atoms in total. The number of fused-ring (bicyclic) bond motifs is 1. The predicted molar refractivity (Wildman–Crippen MR) is 118 cm³/mol. The summed E-state index contributed by atoms with van der Waals surface area (Å²) in [6.45, 7) is 4.01. The standard InChI is InChI=1S/C24H24O8/c1-5-29-21-19(31-23(25)27-3)17-13-12-16(15-10-8-7-9-11-15)14-18(17)20(22(21)30-6-2)32-24(26)28-4/h7-14H,5-6H2,1-4H3. The maximum Gasteiger partial charge on any atom is 0.513 e. The first-order valence-corrected chi connectivity index (χ1v) is 10.00. The zero-order valence-electron chi connectivity index (χ0n) is 18.3. The lowest BCUT2D eigenvalue weighted by atomic mass is 9.99. The van der Waals surface area contributed by atoms with Crippen molar-refractivity contribution in [3.63, 3.8) is 0 Å². The first-order chi connectivity index (χ1) is 15.5. The van der Waals surface area contributed by atoms with Gasteiger partial charge in [-0.2, -0.15) is 0 Å². The summed E-state index contributed by atoms with van der Waals surface area (Å²) < 4.78 is 31.8. The van der Waals surface area contributed by atoms with Crippen LogP contribution in [0.4, 0.5) is 9.59 Å². The molecule has 8 heteroatoms. The molecule has 0 atom stereocenters. The van der Waals surface area contributed by atoms with Gasteiger partial charge in [-0.25, -0.2) is 9.59 Å². The number of methoxy groups -OCH3 is 2. The largest absolute Gasteiger partial charge is 0.513 e. The van der Waals surface area contributed by atoms with Gasteiger partial charge >= 0.3 is 12.3 Å². The highest BCUT2D eigenvalue weighted by atomic mass is 16.7. The van der Waals surface area contributed by atoms with E-state index in [0.717, 1.165) is 11.1 Å². The molecular formula is C24H24O8. The van der Waals surface area contributed by atoms with Crippen LogP contribution in [0.15, 0.2) is 48.5 Å². The highest BCUT2D eigenvalue weighted by Crippen LogP contribution is 2.52. The van der Waals surface area contributed by atoms with E-state index in [9.17, 15) is 9.59 Å². The van der Waals surface area contributed by atoms with Gasteiger partial charge in [0.05, 0.1) is 27.4 Å². The van der Waals surface area contributed by atoms with E-state index in [1.165, 1.54) is 14.2 Å². The Kier molecular flexibility index (Phi) is 7.38. The van der Waals surface area contributed by atoms with Crippen LogP contribution in [0.25, 0.3) is 21.9 Å². The Labute approximate surface area is 185 Å². The Balaban J connectivity index is 2.39. The van der Waals surface area contributed by atoms with Gasteiger partial charge in [-0.15, -0.1) is 0 Å². The van der Waals surface area contributed by atoms with E-state index in [4.69, 9.17) is 23.7 Å². The fourth-order valence-corrected chi connectivity index (χ4v) is 3.19. The van der Waals surface area contributed by atoms with Gasteiger partial charge in [0.1, 0.15) is 0 Å². The molecule has 0 aliphatic carbocycles. The third-order valence-electron chi connectivity index (χ3n) is 4.52. The van der Waals surface area contributed by atoms with Gasteiger partial charge in [-0.3, -0.25) is 0 Å². The minimum Gasteiger partial charge on any atom is -0.487 e. The van der Waals surface area contributed by atoms with E-state index >= 15 is 0 Å². The summed E-state index contributed by atoms with van der Waals surface area (Å²) in [6.07, 6.45) is -1.86. The molecule has 0 unspecified atom stereocenters. The third-order valence-corrected chi connectivity index (χ3v) is 4.52. The minimum atomic E-state index is -0.929. The van der Waals surface area contributed by atoms with Crippen molar-refractivity contribution in [1.82, 2.24) is 0 Å². The summed E-state index contributed by atoms with van der Waals surface area (Å²) in [5.41, 5.74) is 1.80. The van der Waals surface area contributed by atoms with Crippen molar-refractivity contribution in [3.05, 3.63) is 48.5 Å². The van der Waals surface area contributed by atoms with E-state index in [1.807, 2.05) is 42.5 Å². The van der Waals surface area contributed by atoms with Gasteiger partial charge < -0.3 is 28.4 Å². The van der Waals surface area contributed by atoms with Crippen LogP contribution in [-0.2, 0) is 9.47 Å². The highest BCUT2D eigenvalue weighted by Gasteiger charge is 2.28. The van der Waals surface area contributed by atoms with Crippen LogP contribution >= 0.6 is 0 Å². The SMILES string of the molecule is CCOc1c(OCC)c(OC(=O)OC)c2cc(-c3ccccc3)ccc2c1OC(=O)OC. The van der Waals surface area contributed by atoms with E-state index in [1.54, 1.807) is 19.9 Å². The van der Waals surface area contributed by atoms with Gasteiger partial charge in [-0.05, 0) is 37.1 Å². The van der Waals surface area contributed by atoms with Gasteiger partial charge in [0.2, 0.25) is 11.5 Å². The summed E-state index contributed by atoms with van der Waals surface area (Å²) >= 11 is 0. The number of benzene rings is 3. The molecule has 0 spiro atoms. The van der Waals surface area contributed by atoms with Crippen LogP contribution in [0, 0.1) is 0 Å². The molecule has 168 valence electrons. The van der Waals surface area contributed by atoms with Crippen LogP contribution < -0.4 is 18.9 Å². The van der Waals surface area contributed by atoms with Crippen molar-refractivity contribution in [2.24, 2.45) is 0 Å². The van der Waals surface area contributed by atoms with Gasteiger partial charge in [0.15, 0.2) is 11.5 Å². The van der Waals surface area contributed by atoms with Gasteiger partial charge in [0, 0.05) is 10.8 Å². The number of ether oxygens (including phenoxy) is 6. The predicted octanol–water partition coefficient (Wildman–Crippen LogP) is 5.59. The number of hydrogen-bond acceptors (Lipinski definition) is 8. The van der Waals surface area contributed by atoms with Crippen LogP contribution in [0.2, 0.25) is 0 Å². The second-order valence-electron chi connectivity index (χ2n) is 6.42. The van der Waals surface area contributed by atoms with Crippen LogP contribution in [-0.4, -0.2) is 39.7 Å². The van der Waals surface area contributed by atoms with Crippen molar-refractivity contribution in [1.29, 1.82) is 0 Å². The van der Waals surface area contributed by atoms with Crippen molar-refractivity contribution in [3.8, 4) is 34.1 Å². The summed E-state index contributed by atoms with van der Waals surface area (Å²) in [7, 11) is 2.41. The smallest absolute Gasteiger partial charge is 0.487 e. The van der Waals surface area contributed by atoms with Crippen molar-refractivity contribution in [2.45, 2.75) is 13.8 Å². The maximum atomic E-state index is 12.1. The Hall–Kier alpha value is -3.94. The Morgan fingerprint density at radius 3 is 1.69 bits per heavy atom. The Morgan fingerprint density at radius 2 is 1.19 bits per heavy atom. The molecular weight excluding hydrogens is 416 g/mol. The summed E-state index contributed by atoms with van der Waals surface area (Å²) in [5.74, 6) is 0.399. The number of carbonyl (C=O) groups is 2. The van der Waals surface area contributed by atoms with Crippen molar-refractivity contribution >= 4 is 23.1 Å². The maximum absolute atomic E-state index is 12.1. The highest BCUT2D eigenvalue weighted by molar-refractivity contribution is 6.02. The Morgan fingerprint density at radius 1 is 0.656 bits per heavy atom. The molecule has 0 aliphatic heterocycles. The van der Waals surface area contributed by atoms with Crippen LogP contribution in [0.3, 0.4) is 0 Å². The quantitative estimate of drug-likeness (QED) is 0.347. The van der Waals surface area contributed by atoms with Crippen LogP contribution in [0.1, 0.15) is 13.8 Å². The first-order valence-electron chi connectivity index (χ1n) is 10.00. The lowest BCUT2D eigenvalue weighted by Crippen LogP contribution is -2.13. The van der Waals surface area contributed by atoms with E-state index in [-0.39, 0.29) is 36.2 Å². The van der Waals surface area contributed by atoms with E-state index in [0.29, 0.717) is 10.8 Å². The average Bonchev–Trinajstić information content (AvgIpc) is 2.83. The topological polar surface area (TPSA) is 89.5 Å². The monoisotopic (exact) mass is 440 g/mol. The zero-order chi connectivity index (χ0) is 23.1. The second kappa shape index (κ2) is 10.4. The van der Waals surface area contributed by atoms with Crippen LogP contribution in [0.5, 0.6) is 23.0 Å². The fourth-order valence-electron chi connectivity index (χ4n) is 3.19. The minimum absolute atomic E-state index is 0.0900. The molecule has 0 amide bonds. The van der Waals surface area contributed by atoms with E-state index < -0.39 is 12.3 Å². The molecule has 32 heavy (non-hydrogen) atoms. The summed E-state index contributed by atoms with van der Waals surface area (Å²) in [6, 6.07) is 15.1. The molecule has 0 heterocycles. The fraction of sp³-hybridized carbons (Fsp3) is 0.250. The molecule has 0 N–H and O–H groups in total. The molecule has 0 radical (unpaired) electrons. The lowest BCUT2D eigenvalue weighted by Gasteiger charge is -2.20. The molecule has 0 saturated carbocycles. The average molecular weight is 440 g/mol. The second-order valence-corrected chi connectivity index (χ2v) is 6.42. The third kappa shape index (κ3) is 4.69. The number of carbonyl (C=O) groups excluding carboxylic acids is 2. The molecule has 0 aromatic heterocycles.